The van der Waals surface area contributed by atoms with Gasteiger partial charge in [0, 0.05) is 5.56 Å². The zero-order valence-corrected chi connectivity index (χ0v) is 16.9. The van der Waals surface area contributed by atoms with Gasteiger partial charge in [0.15, 0.2) is 17.4 Å². The van der Waals surface area contributed by atoms with E-state index in [-0.39, 0.29) is 17.9 Å². The summed E-state index contributed by atoms with van der Waals surface area (Å²) in [5.41, 5.74) is 2.32. The van der Waals surface area contributed by atoms with E-state index in [1.807, 2.05) is 19.9 Å². The predicted molar refractivity (Wildman–Crippen MR) is 103 cm³/mol. The van der Waals surface area contributed by atoms with Crippen molar-refractivity contribution in [1.29, 1.82) is 0 Å². The molecule has 5 nitrogen and oxygen atoms in total. The fourth-order valence-electron chi connectivity index (χ4n) is 4.01. The summed E-state index contributed by atoms with van der Waals surface area (Å²) in [4.78, 5) is 38.8. The highest BCUT2D eigenvalue weighted by atomic mass is 19.2. The Balaban J connectivity index is 2.01. The van der Waals surface area contributed by atoms with Crippen LogP contribution >= 0.6 is 0 Å². The quantitative estimate of drug-likeness (QED) is 0.622. The summed E-state index contributed by atoms with van der Waals surface area (Å²) < 4.78 is 27.0. The molecular formula is C22H22F2N2O3. The molecule has 1 aliphatic heterocycles. The average molecular weight is 400 g/mol. The summed E-state index contributed by atoms with van der Waals surface area (Å²) >= 11 is 0. The van der Waals surface area contributed by atoms with Crippen molar-refractivity contribution in [3.63, 3.8) is 0 Å². The van der Waals surface area contributed by atoms with Crippen molar-refractivity contribution in [2.24, 2.45) is 0 Å². The summed E-state index contributed by atoms with van der Waals surface area (Å²) in [5, 5.41) is 2.58. The smallest absolute Gasteiger partial charge is 0.319 e. The molecule has 0 aliphatic carbocycles. The molecule has 152 valence electrons. The maximum absolute atomic E-state index is 13.7. The molecule has 1 N–H and O–H groups in total. The summed E-state index contributed by atoms with van der Waals surface area (Å²) in [7, 11) is 0. The minimum atomic E-state index is -1.51. The number of hydrogen-bond donors (Lipinski definition) is 1. The Morgan fingerprint density at radius 3 is 2.31 bits per heavy atom. The van der Waals surface area contributed by atoms with Gasteiger partial charge in [-0.1, -0.05) is 12.1 Å². The number of hydrogen-bond acceptors (Lipinski definition) is 3. The number of ketones is 1. The first-order valence-corrected chi connectivity index (χ1v) is 9.17. The Kier molecular flexibility index (Phi) is 5.03. The molecule has 7 heteroatoms. The second kappa shape index (κ2) is 7.06. The molecule has 1 atom stereocenters. The Morgan fingerprint density at radius 1 is 1.07 bits per heavy atom. The molecule has 0 radical (unpaired) electrons. The first-order chi connectivity index (χ1) is 13.5. The normalized spacial score (nSPS) is 18.9. The molecule has 29 heavy (non-hydrogen) atoms. The minimum Gasteiger partial charge on any atom is -0.319 e. The number of rotatable bonds is 4. The molecule has 0 spiro atoms. The summed E-state index contributed by atoms with van der Waals surface area (Å²) in [6, 6.07) is 4.33. The van der Waals surface area contributed by atoms with Gasteiger partial charge in [-0.15, -0.1) is 0 Å². The van der Waals surface area contributed by atoms with Crippen LogP contribution in [0.25, 0.3) is 0 Å². The fourth-order valence-corrected chi connectivity index (χ4v) is 4.01. The molecule has 0 saturated carbocycles. The summed E-state index contributed by atoms with van der Waals surface area (Å²) in [6.07, 6.45) is 0. The Labute approximate surface area is 167 Å². The van der Waals surface area contributed by atoms with Crippen molar-refractivity contribution >= 4 is 17.7 Å². The van der Waals surface area contributed by atoms with E-state index in [0.29, 0.717) is 11.1 Å². The van der Waals surface area contributed by atoms with E-state index >= 15 is 0 Å². The monoisotopic (exact) mass is 400 g/mol. The summed E-state index contributed by atoms with van der Waals surface area (Å²) in [6.45, 7) is 8.39. The van der Waals surface area contributed by atoms with E-state index in [1.54, 1.807) is 6.92 Å². The zero-order valence-electron chi connectivity index (χ0n) is 16.9. The number of carbonyl (C=O) groups is 3. The topological polar surface area (TPSA) is 66.5 Å². The molecule has 2 aromatic carbocycles. The third-order valence-electron chi connectivity index (χ3n) is 5.57. The van der Waals surface area contributed by atoms with E-state index < -0.39 is 29.1 Å². The standard InChI is InChI=1S/C22H22F2N2O3/c1-11-8-12(2)19(14(4)27)13(3)16(11)10-26-20(28)22(5,25-21(26)29)15-6-7-17(23)18(24)9-15/h6-9H,10H2,1-5H3,(H,25,29)/t22-/m1/s1. The van der Waals surface area contributed by atoms with Crippen LogP contribution in [-0.2, 0) is 16.9 Å². The number of halogens is 2. The van der Waals surface area contributed by atoms with Crippen molar-refractivity contribution in [2.75, 3.05) is 0 Å². The molecule has 1 fully saturated rings. The number of carbonyl (C=O) groups excluding carboxylic acids is 3. The van der Waals surface area contributed by atoms with Crippen LogP contribution in [0, 0.1) is 32.4 Å². The van der Waals surface area contributed by atoms with E-state index in [1.165, 1.54) is 19.9 Å². The average Bonchev–Trinajstić information content (AvgIpc) is 2.83. The molecule has 0 unspecified atom stereocenters. The Morgan fingerprint density at radius 2 is 1.72 bits per heavy atom. The van der Waals surface area contributed by atoms with Crippen LogP contribution in [0.5, 0.6) is 0 Å². The van der Waals surface area contributed by atoms with Crippen molar-refractivity contribution < 1.29 is 23.2 Å². The molecule has 2 aromatic rings. The molecule has 1 saturated heterocycles. The lowest BCUT2D eigenvalue weighted by atomic mass is 9.90. The third-order valence-corrected chi connectivity index (χ3v) is 5.57. The highest BCUT2D eigenvalue weighted by Crippen LogP contribution is 2.32. The molecule has 0 aromatic heterocycles. The number of benzene rings is 2. The van der Waals surface area contributed by atoms with Crippen molar-refractivity contribution in [2.45, 2.75) is 46.7 Å². The van der Waals surface area contributed by atoms with Crippen LogP contribution < -0.4 is 5.32 Å². The number of imide groups is 1. The molecule has 1 aliphatic rings. The van der Waals surface area contributed by atoms with Crippen LogP contribution in [0.2, 0.25) is 0 Å². The summed E-state index contributed by atoms with van der Waals surface area (Å²) in [5.74, 6) is -2.79. The number of aryl methyl sites for hydroxylation is 2. The number of nitrogens with zero attached hydrogens (tertiary/aromatic N) is 1. The predicted octanol–water partition coefficient (Wildman–Crippen LogP) is 4.06. The maximum Gasteiger partial charge on any atom is 0.325 e. The SMILES string of the molecule is CC(=O)c1c(C)cc(C)c(CN2C(=O)N[C@](C)(c3ccc(F)c(F)c3)C2=O)c1C. The lowest BCUT2D eigenvalue weighted by Gasteiger charge is -2.23. The largest absolute Gasteiger partial charge is 0.325 e. The number of urea groups is 1. The second-order valence-electron chi connectivity index (χ2n) is 7.62. The van der Waals surface area contributed by atoms with Gasteiger partial charge in [-0.25, -0.2) is 13.6 Å². The Hall–Kier alpha value is -3.09. The minimum absolute atomic E-state index is 0.0256. The lowest BCUT2D eigenvalue weighted by Crippen LogP contribution is -2.41. The molecule has 3 amide bonds. The highest BCUT2D eigenvalue weighted by molar-refractivity contribution is 6.07. The molecule has 1 heterocycles. The van der Waals surface area contributed by atoms with Gasteiger partial charge in [-0.05, 0) is 74.6 Å². The lowest BCUT2D eigenvalue weighted by molar-refractivity contribution is -0.131. The van der Waals surface area contributed by atoms with Crippen molar-refractivity contribution in [3.05, 3.63) is 69.3 Å². The molecule has 0 bridgehead atoms. The first kappa shape index (κ1) is 20.6. The van der Waals surface area contributed by atoms with Crippen LogP contribution in [0.1, 0.15) is 52.0 Å². The zero-order chi connectivity index (χ0) is 21.7. The van der Waals surface area contributed by atoms with Crippen molar-refractivity contribution in [3.8, 4) is 0 Å². The number of amides is 3. The van der Waals surface area contributed by atoms with Gasteiger partial charge in [0.1, 0.15) is 5.54 Å². The van der Waals surface area contributed by atoms with Gasteiger partial charge >= 0.3 is 6.03 Å². The first-order valence-electron chi connectivity index (χ1n) is 9.17. The third kappa shape index (κ3) is 3.30. The van der Waals surface area contributed by atoms with Gasteiger partial charge in [0.2, 0.25) is 0 Å². The fraction of sp³-hybridized carbons (Fsp3) is 0.318. The van der Waals surface area contributed by atoms with Gasteiger partial charge < -0.3 is 5.32 Å². The van der Waals surface area contributed by atoms with Crippen LogP contribution in [0.4, 0.5) is 13.6 Å². The van der Waals surface area contributed by atoms with Gasteiger partial charge in [0.05, 0.1) is 6.54 Å². The number of nitrogens with one attached hydrogen (secondary N) is 1. The van der Waals surface area contributed by atoms with Crippen LogP contribution in [-0.4, -0.2) is 22.6 Å². The highest BCUT2D eigenvalue weighted by Gasteiger charge is 2.49. The van der Waals surface area contributed by atoms with Gasteiger partial charge in [-0.2, -0.15) is 0 Å². The maximum atomic E-state index is 13.7. The molecule has 3 rings (SSSR count). The molecular weight excluding hydrogens is 378 g/mol. The second-order valence-corrected chi connectivity index (χ2v) is 7.62. The van der Waals surface area contributed by atoms with E-state index in [2.05, 4.69) is 5.32 Å². The van der Waals surface area contributed by atoms with Gasteiger partial charge in [0.25, 0.3) is 5.91 Å². The van der Waals surface area contributed by atoms with Gasteiger partial charge in [-0.3, -0.25) is 14.5 Å². The Bertz CT molecular complexity index is 1060. The van der Waals surface area contributed by atoms with Crippen LogP contribution in [0.15, 0.2) is 24.3 Å². The number of Topliss-reactive ketones (excluding diaryl/α,β-unsaturated/α-hetero) is 1. The van der Waals surface area contributed by atoms with E-state index in [9.17, 15) is 23.2 Å². The van der Waals surface area contributed by atoms with Crippen molar-refractivity contribution in [1.82, 2.24) is 10.2 Å². The van der Waals surface area contributed by atoms with Crippen LogP contribution in [0.3, 0.4) is 0 Å². The van der Waals surface area contributed by atoms with E-state index in [4.69, 9.17) is 0 Å². The van der Waals surface area contributed by atoms with E-state index in [0.717, 1.165) is 33.7 Å².